The van der Waals surface area contributed by atoms with E-state index in [9.17, 15) is 9.90 Å². The molecular formula is C13H16N4O3. The summed E-state index contributed by atoms with van der Waals surface area (Å²) < 4.78 is 0. The van der Waals surface area contributed by atoms with Crippen LogP contribution in [0.4, 0.5) is 0 Å². The zero-order valence-corrected chi connectivity index (χ0v) is 11.0. The number of benzene rings is 1. The van der Waals surface area contributed by atoms with Crippen molar-refractivity contribution >= 4 is 5.91 Å². The number of carbonyl (C=O) groups is 1. The fourth-order valence-electron chi connectivity index (χ4n) is 1.47. The second kappa shape index (κ2) is 5.81. The molecule has 0 aliphatic heterocycles. The molecule has 0 saturated heterocycles. The third-order valence-corrected chi connectivity index (χ3v) is 2.68. The fourth-order valence-corrected chi connectivity index (χ4v) is 1.47. The molecule has 0 aliphatic carbocycles. The van der Waals surface area contributed by atoms with Crippen LogP contribution < -0.4 is 5.32 Å². The third-order valence-electron chi connectivity index (χ3n) is 2.68. The number of rotatable bonds is 5. The Morgan fingerprint density at radius 2 is 2.10 bits per heavy atom. The summed E-state index contributed by atoms with van der Waals surface area (Å²) in [5, 5.41) is 29.0. The van der Waals surface area contributed by atoms with Crippen molar-refractivity contribution in [2.75, 3.05) is 13.2 Å². The van der Waals surface area contributed by atoms with Gasteiger partial charge in [-0.3, -0.25) is 4.79 Å². The Bertz CT molecular complexity index is 580. The molecule has 1 unspecified atom stereocenters. The molecule has 1 atom stereocenters. The SMILES string of the molecule is CC(O)(CO)CNC(=O)c1cnn(-c2ccccc2)n1. The van der Waals surface area contributed by atoms with Crippen LogP contribution in [0.25, 0.3) is 5.69 Å². The minimum Gasteiger partial charge on any atom is -0.393 e. The molecule has 1 amide bonds. The zero-order valence-electron chi connectivity index (χ0n) is 11.0. The Morgan fingerprint density at radius 3 is 2.75 bits per heavy atom. The van der Waals surface area contributed by atoms with Crippen molar-refractivity contribution < 1.29 is 15.0 Å². The van der Waals surface area contributed by atoms with E-state index in [1.807, 2.05) is 30.3 Å². The fraction of sp³-hybridized carbons (Fsp3) is 0.308. The molecule has 2 aromatic rings. The van der Waals surface area contributed by atoms with Crippen LogP contribution in [-0.2, 0) is 0 Å². The van der Waals surface area contributed by atoms with E-state index in [1.54, 1.807) is 0 Å². The molecule has 0 saturated carbocycles. The normalized spacial score (nSPS) is 13.8. The molecule has 7 heteroatoms. The van der Waals surface area contributed by atoms with Crippen molar-refractivity contribution in [3.63, 3.8) is 0 Å². The quantitative estimate of drug-likeness (QED) is 0.698. The molecule has 1 aromatic heterocycles. The lowest BCUT2D eigenvalue weighted by molar-refractivity contribution is 0.00316. The average molecular weight is 276 g/mol. The van der Waals surface area contributed by atoms with Gasteiger partial charge >= 0.3 is 0 Å². The van der Waals surface area contributed by atoms with Gasteiger partial charge in [0.15, 0.2) is 5.69 Å². The number of aliphatic hydroxyl groups is 2. The highest BCUT2D eigenvalue weighted by Gasteiger charge is 2.21. The largest absolute Gasteiger partial charge is 0.393 e. The van der Waals surface area contributed by atoms with Crippen LogP contribution in [0.2, 0.25) is 0 Å². The maximum atomic E-state index is 11.8. The summed E-state index contributed by atoms with van der Waals surface area (Å²) in [5.41, 5.74) is -0.470. The lowest BCUT2D eigenvalue weighted by Gasteiger charge is -2.19. The second-order valence-electron chi connectivity index (χ2n) is 4.69. The average Bonchev–Trinajstić information content (AvgIpc) is 2.96. The van der Waals surface area contributed by atoms with Crippen LogP contribution in [0.15, 0.2) is 36.5 Å². The number of aromatic nitrogens is 3. The first-order chi connectivity index (χ1) is 9.52. The van der Waals surface area contributed by atoms with Crippen molar-refractivity contribution in [2.24, 2.45) is 0 Å². The maximum Gasteiger partial charge on any atom is 0.273 e. The van der Waals surface area contributed by atoms with Crippen LogP contribution >= 0.6 is 0 Å². The summed E-state index contributed by atoms with van der Waals surface area (Å²) in [6.45, 7) is 0.915. The van der Waals surface area contributed by atoms with Crippen molar-refractivity contribution in [2.45, 2.75) is 12.5 Å². The van der Waals surface area contributed by atoms with Crippen LogP contribution in [0.3, 0.4) is 0 Å². The standard InChI is InChI=1S/C13H16N4O3/c1-13(20,9-18)8-14-12(19)11-7-15-17(16-11)10-5-3-2-4-6-10/h2-7,18,20H,8-9H2,1H3,(H,14,19). The molecule has 2 rings (SSSR count). The second-order valence-corrected chi connectivity index (χ2v) is 4.69. The predicted octanol–water partition coefficient (Wildman–Crippen LogP) is -0.260. The van der Waals surface area contributed by atoms with E-state index in [-0.39, 0.29) is 12.2 Å². The molecule has 0 fully saturated rings. The summed E-state index contributed by atoms with van der Waals surface area (Å²) >= 11 is 0. The van der Waals surface area contributed by atoms with Gasteiger partial charge in [0, 0.05) is 6.54 Å². The first-order valence-electron chi connectivity index (χ1n) is 6.11. The van der Waals surface area contributed by atoms with Gasteiger partial charge < -0.3 is 15.5 Å². The van der Waals surface area contributed by atoms with Crippen molar-refractivity contribution in [1.29, 1.82) is 0 Å². The zero-order chi connectivity index (χ0) is 14.6. The number of aliphatic hydroxyl groups excluding tert-OH is 1. The highest BCUT2D eigenvalue weighted by Crippen LogP contribution is 2.05. The van der Waals surface area contributed by atoms with E-state index >= 15 is 0 Å². The minimum atomic E-state index is -1.36. The number of para-hydroxylation sites is 1. The van der Waals surface area contributed by atoms with Crippen molar-refractivity contribution in [1.82, 2.24) is 20.3 Å². The monoisotopic (exact) mass is 276 g/mol. The number of carbonyl (C=O) groups excluding carboxylic acids is 1. The van der Waals surface area contributed by atoms with E-state index in [1.165, 1.54) is 17.9 Å². The molecule has 106 valence electrons. The molecular weight excluding hydrogens is 260 g/mol. The van der Waals surface area contributed by atoms with Gasteiger partial charge in [-0.1, -0.05) is 18.2 Å². The van der Waals surface area contributed by atoms with Gasteiger partial charge in [-0.2, -0.15) is 9.90 Å². The van der Waals surface area contributed by atoms with Gasteiger partial charge in [0.2, 0.25) is 0 Å². The molecule has 20 heavy (non-hydrogen) atoms. The molecule has 1 aromatic carbocycles. The molecule has 1 heterocycles. The van der Waals surface area contributed by atoms with E-state index in [0.717, 1.165) is 5.69 Å². The Labute approximate surface area is 115 Å². The summed E-state index contributed by atoms with van der Waals surface area (Å²) in [6.07, 6.45) is 1.34. The highest BCUT2D eigenvalue weighted by molar-refractivity contribution is 5.91. The first kappa shape index (κ1) is 14.2. The molecule has 7 nitrogen and oxygen atoms in total. The summed E-state index contributed by atoms with van der Waals surface area (Å²) in [6, 6.07) is 9.20. The Balaban J connectivity index is 2.04. The molecule has 0 spiro atoms. The van der Waals surface area contributed by atoms with Gasteiger partial charge in [0.05, 0.1) is 18.5 Å². The smallest absolute Gasteiger partial charge is 0.273 e. The lowest BCUT2D eigenvalue weighted by atomic mass is 10.1. The van der Waals surface area contributed by atoms with Crippen molar-refractivity contribution in [3.8, 4) is 5.69 Å². The minimum absolute atomic E-state index is 0.0689. The predicted molar refractivity (Wildman–Crippen MR) is 71.4 cm³/mol. The van der Waals surface area contributed by atoms with Gasteiger partial charge in [0.25, 0.3) is 5.91 Å². The van der Waals surface area contributed by atoms with E-state index in [0.29, 0.717) is 0 Å². The van der Waals surface area contributed by atoms with Gasteiger partial charge in [-0.25, -0.2) is 0 Å². The number of amides is 1. The number of hydrogen-bond acceptors (Lipinski definition) is 5. The van der Waals surface area contributed by atoms with Gasteiger partial charge in [0.1, 0.15) is 5.60 Å². The molecule has 0 aliphatic rings. The molecule has 0 radical (unpaired) electrons. The lowest BCUT2D eigenvalue weighted by Crippen LogP contribution is -2.43. The Hall–Kier alpha value is -2.25. The third kappa shape index (κ3) is 3.40. The van der Waals surface area contributed by atoms with Crippen LogP contribution in [0.1, 0.15) is 17.4 Å². The summed E-state index contributed by atoms with van der Waals surface area (Å²) in [5.74, 6) is -0.457. The van der Waals surface area contributed by atoms with E-state index < -0.39 is 18.1 Å². The Morgan fingerprint density at radius 1 is 1.40 bits per heavy atom. The van der Waals surface area contributed by atoms with E-state index in [2.05, 4.69) is 15.5 Å². The Kier molecular flexibility index (Phi) is 4.11. The number of nitrogens with one attached hydrogen (secondary N) is 1. The first-order valence-corrected chi connectivity index (χ1v) is 6.11. The van der Waals surface area contributed by atoms with Gasteiger partial charge in [-0.15, -0.1) is 5.10 Å². The summed E-state index contributed by atoms with van der Waals surface area (Å²) in [7, 11) is 0. The maximum absolute atomic E-state index is 11.8. The van der Waals surface area contributed by atoms with Crippen LogP contribution in [0, 0.1) is 0 Å². The van der Waals surface area contributed by atoms with E-state index in [4.69, 9.17) is 5.11 Å². The summed E-state index contributed by atoms with van der Waals surface area (Å²) in [4.78, 5) is 13.2. The van der Waals surface area contributed by atoms with Crippen LogP contribution in [0.5, 0.6) is 0 Å². The molecule has 0 bridgehead atoms. The van der Waals surface area contributed by atoms with Gasteiger partial charge in [-0.05, 0) is 19.1 Å². The molecule has 3 N–H and O–H groups in total. The van der Waals surface area contributed by atoms with Crippen molar-refractivity contribution in [3.05, 3.63) is 42.2 Å². The van der Waals surface area contributed by atoms with Crippen LogP contribution in [-0.4, -0.2) is 49.9 Å². The topological polar surface area (TPSA) is 100 Å². The number of hydrogen-bond donors (Lipinski definition) is 3. The highest BCUT2D eigenvalue weighted by atomic mass is 16.3. The number of nitrogens with zero attached hydrogens (tertiary/aromatic N) is 3.